The number of carbonyl (C=O) groups excluding carboxylic acids is 2. The minimum atomic E-state index is -0.219. The van der Waals surface area contributed by atoms with Crippen LogP contribution in [0.2, 0.25) is 0 Å². The van der Waals surface area contributed by atoms with Crippen molar-refractivity contribution in [3.05, 3.63) is 93.7 Å². The van der Waals surface area contributed by atoms with Gasteiger partial charge < -0.3 is 9.80 Å². The second-order valence-corrected chi connectivity index (χ2v) is 11.2. The van der Waals surface area contributed by atoms with Gasteiger partial charge in [0.25, 0.3) is 0 Å². The molecule has 0 spiro atoms. The molecule has 1 aliphatic rings. The molecule has 1 aromatic heterocycles. The van der Waals surface area contributed by atoms with Crippen LogP contribution < -0.4 is 0 Å². The van der Waals surface area contributed by atoms with Gasteiger partial charge in [0.2, 0.25) is 11.8 Å². The van der Waals surface area contributed by atoms with E-state index in [4.69, 9.17) is 0 Å². The van der Waals surface area contributed by atoms with Crippen molar-refractivity contribution >= 4 is 23.2 Å². The fourth-order valence-electron chi connectivity index (χ4n) is 5.26. The molecule has 2 amide bonds. The van der Waals surface area contributed by atoms with Crippen LogP contribution in [-0.4, -0.2) is 34.2 Å². The zero-order valence-corrected chi connectivity index (χ0v) is 22.4. The minimum absolute atomic E-state index is 0.0201. The quantitative estimate of drug-likeness (QED) is 0.301. The molecule has 0 aliphatic heterocycles. The molecule has 0 saturated heterocycles. The number of hydrogen-bond donors (Lipinski definition) is 0. The Bertz CT molecular complexity index is 1110. The van der Waals surface area contributed by atoms with E-state index in [2.05, 4.69) is 38.1 Å². The Kier molecular flexibility index (Phi) is 9.35. The highest BCUT2D eigenvalue weighted by atomic mass is 32.1. The number of aryl methyl sites for hydroxylation is 1. The minimum Gasteiger partial charge on any atom is -0.332 e. The Morgan fingerprint density at radius 3 is 2.17 bits per heavy atom. The molecule has 1 aliphatic carbocycles. The van der Waals surface area contributed by atoms with E-state index in [1.54, 1.807) is 11.3 Å². The van der Waals surface area contributed by atoms with E-state index in [0.29, 0.717) is 13.1 Å². The van der Waals surface area contributed by atoms with Crippen molar-refractivity contribution in [2.45, 2.75) is 77.4 Å². The van der Waals surface area contributed by atoms with Gasteiger partial charge in [-0.05, 0) is 49.4 Å². The summed E-state index contributed by atoms with van der Waals surface area (Å²) in [5, 5.41) is 0. The molecule has 0 N–H and O–H groups in total. The van der Waals surface area contributed by atoms with Crippen LogP contribution >= 0.6 is 11.3 Å². The predicted octanol–water partition coefficient (Wildman–Crippen LogP) is 6.94. The molecule has 2 aromatic carbocycles. The topological polar surface area (TPSA) is 40.6 Å². The summed E-state index contributed by atoms with van der Waals surface area (Å²) >= 11 is 1.73. The number of rotatable bonds is 10. The van der Waals surface area contributed by atoms with Crippen LogP contribution in [-0.2, 0) is 22.7 Å². The van der Waals surface area contributed by atoms with E-state index in [0.717, 1.165) is 43.2 Å². The second kappa shape index (κ2) is 12.9. The number of nitrogens with zero attached hydrogens (tertiary/aromatic N) is 2. The maximum atomic E-state index is 14.0. The van der Waals surface area contributed by atoms with Crippen LogP contribution in [0.25, 0.3) is 0 Å². The third-order valence-electron chi connectivity index (χ3n) is 7.22. The van der Waals surface area contributed by atoms with Crippen LogP contribution in [0.4, 0.5) is 0 Å². The van der Waals surface area contributed by atoms with Crippen molar-refractivity contribution in [3.8, 4) is 0 Å². The molecule has 1 fully saturated rings. The van der Waals surface area contributed by atoms with Gasteiger partial charge in [0, 0.05) is 22.3 Å². The molecule has 1 unspecified atom stereocenters. The zero-order chi connectivity index (χ0) is 25.3. The number of amides is 2. The predicted molar refractivity (Wildman–Crippen MR) is 148 cm³/mol. The van der Waals surface area contributed by atoms with Crippen LogP contribution in [0.5, 0.6) is 0 Å². The van der Waals surface area contributed by atoms with E-state index < -0.39 is 0 Å². The van der Waals surface area contributed by atoms with Crippen molar-refractivity contribution in [1.82, 2.24) is 9.80 Å². The summed E-state index contributed by atoms with van der Waals surface area (Å²) < 4.78 is 0. The van der Waals surface area contributed by atoms with Gasteiger partial charge in [-0.1, -0.05) is 86.8 Å². The summed E-state index contributed by atoms with van der Waals surface area (Å²) in [6, 6.07) is 24.5. The molecule has 0 bridgehead atoms. The summed E-state index contributed by atoms with van der Waals surface area (Å²) in [7, 11) is 0. The average Bonchev–Trinajstić information content (AvgIpc) is 3.33. The largest absolute Gasteiger partial charge is 0.332 e. The van der Waals surface area contributed by atoms with Crippen molar-refractivity contribution in [3.63, 3.8) is 0 Å². The third kappa shape index (κ3) is 6.85. The SMILES string of the molecule is CCC(C(=O)N(CC(=O)N(Cc1ccccc1)Cc1ccc(C)s1)C1CCCCC1)c1ccccc1. The highest BCUT2D eigenvalue weighted by Gasteiger charge is 2.33. The normalized spacial score (nSPS) is 14.8. The first-order valence-corrected chi connectivity index (χ1v) is 14.1. The molecule has 3 aromatic rings. The fourth-order valence-corrected chi connectivity index (χ4v) is 6.16. The monoisotopic (exact) mass is 502 g/mol. The third-order valence-corrected chi connectivity index (χ3v) is 8.21. The molecule has 0 radical (unpaired) electrons. The summed E-state index contributed by atoms with van der Waals surface area (Å²) in [5.74, 6) is -0.106. The molecule has 1 heterocycles. The van der Waals surface area contributed by atoms with Crippen LogP contribution in [0.1, 0.15) is 72.2 Å². The van der Waals surface area contributed by atoms with Gasteiger partial charge >= 0.3 is 0 Å². The standard InChI is InChI=1S/C31H38N2O2S/c1-3-29(26-15-9-5-10-16-26)31(35)33(27-17-11-6-12-18-27)23-30(34)32(21-25-13-7-4-8-14-25)22-28-20-19-24(2)36-28/h4-5,7-10,13-16,19-20,27,29H,3,6,11-12,17-18,21-23H2,1-2H3. The van der Waals surface area contributed by atoms with Crippen LogP contribution in [0.3, 0.4) is 0 Å². The van der Waals surface area contributed by atoms with E-state index in [9.17, 15) is 9.59 Å². The van der Waals surface area contributed by atoms with Gasteiger partial charge in [-0.2, -0.15) is 0 Å². The lowest BCUT2D eigenvalue weighted by molar-refractivity contribution is -0.144. The molecular formula is C31H38N2O2S. The lowest BCUT2D eigenvalue weighted by atomic mass is 9.90. The van der Waals surface area contributed by atoms with E-state index in [1.165, 1.54) is 16.2 Å². The molecule has 190 valence electrons. The number of carbonyl (C=O) groups is 2. The Balaban J connectivity index is 1.58. The van der Waals surface area contributed by atoms with Crippen molar-refractivity contribution in [1.29, 1.82) is 0 Å². The van der Waals surface area contributed by atoms with Crippen molar-refractivity contribution < 1.29 is 9.59 Å². The number of thiophene rings is 1. The summed E-state index contributed by atoms with van der Waals surface area (Å²) in [4.78, 5) is 34.2. The number of hydrogen-bond acceptors (Lipinski definition) is 3. The zero-order valence-electron chi connectivity index (χ0n) is 21.6. The molecule has 1 saturated carbocycles. The first kappa shape index (κ1) is 26.2. The average molecular weight is 503 g/mol. The van der Waals surface area contributed by atoms with E-state index >= 15 is 0 Å². The smallest absolute Gasteiger partial charge is 0.242 e. The summed E-state index contributed by atoms with van der Waals surface area (Å²) in [6.45, 7) is 5.41. The van der Waals surface area contributed by atoms with Crippen molar-refractivity contribution in [2.24, 2.45) is 0 Å². The molecule has 36 heavy (non-hydrogen) atoms. The highest BCUT2D eigenvalue weighted by molar-refractivity contribution is 7.11. The molecule has 4 nitrogen and oxygen atoms in total. The lowest BCUT2D eigenvalue weighted by Gasteiger charge is -2.37. The first-order chi connectivity index (χ1) is 17.5. The van der Waals surface area contributed by atoms with Gasteiger partial charge in [0.05, 0.1) is 12.5 Å². The molecule has 4 rings (SSSR count). The van der Waals surface area contributed by atoms with Gasteiger partial charge in [-0.25, -0.2) is 0 Å². The van der Waals surface area contributed by atoms with Gasteiger partial charge in [0.1, 0.15) is 6.54 Å². The molecule has 5 heteroatoms. The van der Waals surface area contributed by atoms with Gasteiger partial charge in [-0.15, -0.1) is 11.3 Å². The summed E-state index contributed by atoms with van der Waals surface area (Å²) in [6.07, 6.45) is 6.13. The van der Waals surface area contributed by atoms with Gasteiger partial charge in [0.15, 0.2) is 0 Å². The Morgan fingerprint density at radius 2 is 1.56 bits per heavy atom. The molecular weight excluding hydrogens is 464 g/mol. The first-order valence-electron chi connectivity index (χ1n) is 13.3. The summed E-state index contributed by atoms with van der Waals surface area (Å²) in [5.41, 5.74) is 2.14. The fraction of sp³-hybridized carbons (Fsp3) is 0.419. The van der Waals surface area contributed by atoms with Crippen LogP contribution in [0, 0.1) is 6.92 Å². The highest BCUT2D eigenvalue weighted by Crippen LogP contribution is 2.29. The van der Waals surface area contributed by atoms with E-state index in [-0.39, 0.29) is 30.3 Å². The van der Waals surface area contributed by atoms with Crippen LogP contribution in [0.15, 0.2) is 72.8 Å². The van der Waals surface area contributed by atoms with Crippen molar-refractivity contribution in [2.75, 3.05) is 6.54 Å². The second-order valence-electron chi connectivity index (χ2n) is 9.88. The maximum absolute atomic E-state index is 14.0. The lowest BCUT2D eigenvalue weighted by Crippen LogP contribution is -2.49. The van der Waals surface area contributed by atoms with E-state index in [1.807, 2.05) is 58.3 Å². The Hall–Kier alpha value is -2.92. The van der Waals surface area contributed by atoms with Gasteiger partial charge in [-0.3, -0.25) is 9.59 Å². The number of benzene rings is 2. The maximum Gasteiger partial charge on any atom is 0.242 e. The Morgan fingerprint density at radius 1 is 0.889 bits per heavy atom. The Labute approximate surface area is 219 Å². The molecule has 1 atom stereocenters.